The summed E-state index contributed by atoms with van der Waals surface area (Å²) in [5.41, 5.74) is -0.480. The van der Waals surface area contributed by atoms with E-state index in [0.717, 1.165) is 5.06 Å². The van der Waals surface area contributed by atoms with E-state index in [9.17, 15) is 9.59 Å². The zero-order chi connectivity index (χ0) is 11.4. The van der Waals surface area contributed by atoms with Crippen LogP contribution in [0.5, 0.6) is 0 Å². The van der Waals surface area contributed by atoms with Crippen LogP contribution in [0.4, 0.5) is 0 Å². The van der Waals surface area contributed by atoms with E-state index >= 15 is 0 Å². The second-order valence-corrected chi connectivity index (χ2v) is 4.01. The predicted molar refractivity (Wildman–Crippen MR) is 52.2 cm³/mol. The zero-order valence-corrected chi connectivity index (χ0v) is 9.38. The molecule has 0 aromatic rings. The molecule has 0 aliphatic heterocycles. The highest BCUT2D eigenvalue weighted by molar-refractivity contribution is 5.86. The van der Waals surface area contributed by atoms with Crippen molar-refractivity contribution >= 4 is 11.8 Å². The molecule has 0 aromatic heterocycles. The molecule has 0 bridgehead atoms. The molecule has 0 radical (unpaired) electrons. The van der Waals surface area contributed by atoms with Gasteiger partial charge in [0.2, 0.25) is 5.91 Å². The SMILES string of the molecule is CON(C)C(=O)CNC(=O)C(C)(C)C. The van der Waals surface area contributed by atoms with Crippen LogP contribution in [0.1, 0.15) is 20.8 Å². The van der Waals surface area contributed by atoms with Crippen molar-refractivity contribution in [1.82, 2.24) is 10.4 Å². The topological polar surface area (TPSA) is 58.6 Å². The predicted octanol–water partition coefficient (Wildman–Crippen LogP) is 0.168. The van der Waals surface area contributed by atoms with Crippen molar-refractivity contribution in [3.05, 3.63) is 0 Å². The van der Waals surface area contributed by atoms with Crippen LogP contribution in [-0.4, -0.2) is 37.6 Å². The summed E-state index contributed by atoms with van der Waals surface area (Å²) in [6.45, 7) is 5.31. The summed E-state index contributed by atoms with van der Waals surface area (Å²) in [6.07, 6.45) is 0. The first-order valence-electron chi connectivity index (χ1n) is 4.38. The summed E-state index contributed by atoms with van der Waals surface area (Å²) >= 11 is 0. The molecule has 82 valence electrons. The van der Waals surface area contributed by atoms with Gasteiger partial charge >= 0.3 is 0 Å². The van der Waals surface area contributed by atoms with E-state index < -0.39 is 5.41 Å². The lowest BCUT2D eigenvalue weighted by molar-refractivity contribution is -0.168. The van der Waals surface area contributed by atoms with Crippen molar-refractivity contribution in [2.45, 2.75) is 20.8 Å². The zero-order valence-electron chi connectivity index (χ0n) is 9.38. The van der Waals surface area contributed by atoms with Gasteiger partial charge < -0.3 is 5.32 Å². The number of likely N-dealkylation sites (N-methyl/N-ethyl adjacent to an activating group) is 1. The van der Waals surface area contributed by atoms with Crippen LogP contribution in [0.15, 0.2) is 0 Å². The average molecular weight is 202 g/mol. The summed E-state index contributed by atoms with van der Waals surface area (Å²) in [6, 6.07) is 0. The van der Waals surface area contributed by atoms with E-state index in [-0.39, 0.29) is 18.4 Å². The van der Waals surface area contributed by atoms with Gasteiger partial charge in [-0.3, -0.25) is 14.4 Å². The van der Waals surface area contributed by atoms with Gasteiger partial charge in [-0.15, -0.1) is 0 Å². The Morgan fingerprint density at radius 1 is 1.36 bits per heavy atom. The van der Waals surface area contributed by atoms with Crippen LogP contribution in [0.3, 0.4) is 0 Å². The normalized spacial score (nSPS) is 10.9. The highest BCUT2D eigenvalue weighted by Crippen LogP contribution is 2.11. The number of carbonyl (C=O) groups excluding carboxylic acids is 2. The number of amides is 2. The van der Waals surface area contributed by atoms with Gasteiger partial charge in [-0.05, 0) is 0 Å². The molecule has 0 aromatic carbocycles. The Labute approximate surface area is 84.4 Å². The Kier molecular flexibility index (Phi) is 4.56. The molecular weight excluding hydrogens is 184 g/mol. The maximum absolute atomic E-state index is 11.4. The number of hydroxylamine groups is 2. The first kappa shape index (κ1) is 12.9. The summed E-state index contributed by atoms with van der Waals surface area (Å²) in [5.74, 6) is -0.444. The summed E-state index contributed by atoms with van der Waals surface area (Å²) in [5, 5.41) is 3.60. The Hall–Kier alpha value is -1.10. The van der Waals surface area contributed by atoms with Gasteiger partial charge in [-0.2, -0.15) is 0 Å². The molecular formula is C9H18N2O3. The fourth-order valence-corrected chi connectivity index (χ4v) is 0.634. The molecule has 0 rings (SSSR count). The lowest BCUT2D eigenvalue weighted by Crippen LogP contribution is -2.42. The van der Waals surface area contributed by atoms with Gasteiger partial charge in [-0.25, -0.2) is 5.06 Å². The maximum atomic E-state index is 11.4. The van der Waals surface area contributed by atoms with Crippen molar-refractivity contribution in [3.63, 3.8) is 0 Å². The molecule has 0 aliphatic rings. The van der Waals surface area contributed by atoms with E-state index in [1.165, 1.54) is 14.2 Å². The fourth-order valence-electron chi connectivity index (χ4n) is 0.634. The first-order valence-corrected chi connectivity index (χ1v) is 4.38. The van der Waals surface area contributed by atoms with E-state index in [1.807, 2.05) is 0 Å². The second kappa shape index (κ2) is 4.95. The van der Waals surface area contributed by atoms with Crippen molar-refractivity contribution in [2.24, 2.45) is 5.41 Å². The van der Waals surface area contributed by atoms with E-state index in [4.69, 9.17) is 0 Å². The standard InChI is InChI=1S/C9H18N2O3/c1-9(2,3)8(13)10-6-7(12)11(4)14-5/h6H2,1-5H3,(H,10,13). The third kappa shape index (κ3) is 4.23. The third-order valence-corrected chi connectivity index (χ3v) is 1.71. The van der Waals surface area contributed by atoms with Crippen LogP contribution in [0.25, 0.3) is 0 Å². The summed E-state index contributed by atoms with van der Waals surface area (Å²) in [7, 11) is 2.88. The second-order valence-electron chi connectivity index (χ2n) is 4.01. The Bertz CT molecular complexity index is 221. The van der Waals surface area contributed by atoms with Gasteiger partial charge in [0.1, 0.15) is 0 Å². The van der Waals surface area contributed by atoms with Gasteiger partial charge in [0.15, 0.2) is 0 Å². The van der Waals surface area contributed by atoms with Crippen molar-refractivity contribution < 1.29 is 14.4 Å². The molecule has 2 amide bonds. The van der Waals surface area contributed by atoms with Crippen molar-refractivity contribution in [2.75, 3.05) is 20.7 Å². The quantitative estimate of drug-likeness (QED) is 0.664. The maximum Gasteiger partial charge on any atom is 0.265 e. The number of nitrogens with zero attached hydrogens (tertiary/aromatic N) is 1. The Balaban J connectivity index is 3.96. The van der Waals surface area contributed by atoms with Crippen molar-refractivity contribution in [1.29, 1.82) is 0 Å². The molecule has 5 heteroatoms. The molecule has 0 spiro atoms. The van der Waals surface area contributed by atoms with Crippen LogP contribution in [0.2, 0.25) is 0 Å². The van der Waals surface area contributed by atoms with Gasteiger partial charge in [0.25, 0.3) is 5.91 Å². The molecule has 0 unspecified atom stereocenters. The molecule has 1 N–H and O–H groups in total. The summed E-state index contributed by atoms with van der Waals surface area (Å²) < 4.78 is 0. The summed E-state index contributed by atoms with van der Waals surface area (Å²) in [4.78, 5) is 27.2. The number of carbonyl (C=O) groups is 2. The van der Waals surface area contributed by atoms with Crippen molar-refractivity contribution in [3.8, 4) is 0 Å². The number of nitrogens with one attached hydrogen (secondary N) is 1. The molecule has 0 saturated carbocycles. The van der Waals surface area contributed by atoms with Gasteiger partial charge in [-0.1, -0.05) is 20.8 Å². The van der Waals surface area contributed by atoms with E-state index in [0.29, 0.717) is 0 Å². The minimum atomic E-state index is -0.480. The Morgan fingerprint density at radius 2 is 1.86 bits per heavy atom. The molecule has 0 aliphatic carbocycles. The largest absolute Gasteiger partial charge is 0.346 e. The smallest absolute Gasteiger partial charge is 0.265 e. The lowest BCUT2D eigenvalue weighted by atomic mass is 9.96. The molecule has 5 nitrogen and oxygen atoms in total. The molecule has 0 heterocycles. The van der Waals surface area contributed by atoms with Crippen LogP contribution < -0.4 is 5.32 Å². The monoisotopic (exact) mass is 202 g/mol. The average Bonchev–Trinajstić information content (AvgIpc) is 2.10. The van der Waals surface area contributed by atoms with E-state index in [2.05, 4.69) is 10.2 Å². The lowest BCUT2D eigenvalue weighted by Gasteiger charge is -2.19. The van der Waals surface area contributed by atoms with Gasteiger partial charge in [0.05, 0.1) is 13.7 Å². The number of hydrogen-bond donors (Lipinski definition) is 1. The molecule has 0 saturated heterocycles. The molecule has 0 atom stereocenters. The molecule has 0 fully saturated rings. The first-order chi connectivity index (χ1) is 6.29. The highest BCUT2D eigenvalue weighted by Gasteiger charge is 2.21. The highest BCUT2D eigenvalue weighted by atomic mass is 16.7. The van der Waals surface area contributed by atoms with Crippen LogP contribution >= 0.6 is 0 Å². The number of rotatable bonds is 3. The number of hydrogen-bond acceptors (Lipinski definition) is 3. The van der Waals surface area contributed by atoms with E-state index in [1.54, 1.807) is 20.8 Å². The fraction of sp³-hybridized carbons (Fsp3) is 0.778. The van der Waals surface area contributed by atoms with Crippen LogP contribution in [-0.2, 0) is 14.4 Å². The minimum Gasteiger partial charge on any atom is -0.346 e. The Morgan fingerprint density at radius 3 is 2.21 bits per heavy atom. The minimum absolute atomic E-state index is 0.0412. The molecule has 14 heavy (non-hydrogen) atoms. The third-order valence-electron chi connectivity index (χ3n) is 1.71. The van der Waals surface area contributed by atoms with Gasteiger partial charge in [0, 0.05) is 12.5 Å². The van der Waals surface area contributed by atoms with Crippen LogP contribution in [0, 0.1) is 5.41 Å².